The van der Waals surface area contributed by atoms with Crippen molar-refractivity contribution in [3.8, 4) is 5.75 Å². The number of amides is 1. The molecule has 0 aliphatic carbocycles. The number of nitrogens with zero attached hydrogens (tertiary/aromatic N) is 3. The zero-order valence-corrected chi connectivity index (χ0v) is 19.2. The number of unbranched alkanes of at least 4 members (excludes halogenated alkanes) is 1. The van der Waals surface area contributed by atoms with Crippen LogP contribution >= 0.6 is 11.6 Å². The summed E-state index contributed by atoms with van der Waals surface area (Å²) in [6, 6.07) is 19.3. The molecule has 33 heavy (non-hydrogen) atoms. The fourth-order valence-electron chi connectivity index (χ4n) is 3.73. The van der Waals surface area contributed by atoms with Crippen LogP contribution in [0.4, 0.5) is 0 Å². The summed E-state index contributed by atoms with van der Waals surface area (Å²) < 4.78 is 8.10. The number of aryl methyl sites for hydroxylation is 2. The topological polar surface area (TPSA) is 69.0 Å². The van der Waals surface area contributed by atoms with Crippen LogP contribution in [-0.2, 0) is 13.0 Å². The van der Waals surface area contributed by atoms with Gasteiger partial charge in [-0.1, -0.05) is 35.9 Å². The van der Waals surface area contributed by atoms with Crippen LogP contribution in [0.5, 0.6) is 5.75 Å². The number of hydrogen-bond acceptors (Lipinski definition) is 4. The van der Waals surface area contributed by atoms with Crippen molar-refractivity contribution in [2.45, 2.75) is 32.2 Å². The molecule has 0 atom stereocenters. The third kappa shape index (κ3) is 6.11. The number of rotatable bonds is 11. The molecule has 1 N–H and O–H groups in total. The van der Waals surface area contributed by atoms with Crippen molar-refractivity contribution in [2.24, 2.45) is 0 Å². The summed E-state index contributed by atoms with van der Waals surface area (Å²) in [5.74, 6) is 1.66. The molecule has 0 saturated heterocycles. The quantitative estimate of drug-likeness (QED) is 0.307. The SMILES string of the molecule is O=C(NCCCc1nc2ccccc2n1CCCCOc1ccccc1Cl)c1cccnc1. The summed E-state index contributed by atoms with van der Waals surface area (Å²) in [6.07, 6.45) is 6.71. The molecule has 1 amide bonds. The van der Waals surface area contributed by atoms with Gasteiger partial charge in [-0.05, 0) is 55.7 Å². The number of hydrogen-bond donors (Lipinski definition) is 1. The van der Waals surface area contributed by atoms with Crippen LogP contribution in [0.2, 0.25) is 5.02 Å². The Hall–Kier alpha value is -3.38. The van der Waals surface area contributed by atoms with Crippen molar-refractivity contribution in [1.29, 1.82) is 0 Å². The van der Waals surface area contributed by atoms with E-state index >= 15 is 0 Å². The maximum absolute atomic E-state index is 12.2. The van der Waals surface area contributed by atoms with Crippen molar-refractivity contribution >= 4 is 28.5 Å². The lowest BCUT2D eigenvalue weighted by atomic mass is 10.2. The molecule has 2 aromatic heterocycles. The lowest BCUT2D eigenvalue weighted by Crippen LogP contribution is -2.25. The Morgan fingerprint density at radius 2 is 1.85 bits per heavy atom. The van der Waals surface area contributed by atoms with Crippen LogP contribution in [0.1, 0.15) is 35.4 Å². The van der Waals surface area contributed by atoms with Gasteiger partial charge in [-0.3, -0.25) is 9.78 Å². The van der Waals surface area contributed by atoms with Gasteiger partial charge in [0, 0.05) is 31.9 Å². The fourth-order valence-corrected chi connectivity index (χ4v) is 3.92. The molecule has 7 heteroatoms. The number of imidazole rings is 1. The molecular formula is C26H27ClN4O2. The Morgan fingerprint density at radius 3 is 2.70 bits per heavy atom. The highest BCUT2D eigenvalue weighted by Gasteiger charge is 2.11. The Morgan fingerprint density at radius 1 is 1.00 bits per heavy atom. The minimum absolute atomic E-state index is 0.102. The van der Waals surface area contributed by atoms with Crippen molar-refractivity contribution < 1.29 is 9.53 Å². The summed E-state index contributed by atoms with van der Waals surface area (Å²) in [6.45, 7) is 2.07. The Labute approximate surface area is 198 Å². The van der Waals surface area contributed by atoms with Crippen LogP contribution in [-0.4, -0.2) is 33.6 Å². The van der Waals surface area contributed by atoms with E-state index in [0.717, 1.165) is 54.8 Å². The van der Waals surface area contributed by atoms with Gasteiger partial charge >= 0.3 is 0 Å². The van der Waals surface area contributed by atoms with Gasteiger partial charge in [0.1, 0.15) is 11.6 Å². The lowest BCUT2D eigenvalue weighted by molar-refractivity contribution is 0.0952. The van der Waals surface area contributed by atoms with Crippen molar-refractivity contribution in [1.82, 2.24) is 19.9 Å². The van der Waals surface area contributed by atoms with Gasteiger partial charge < -0.3 is 14.6 Å². The van der Waals surface area contributed by atoms with E-state index < -0.39 is 0 Å². The number of fused-ring (bicyclic) bond motifs is 1. The molecule has 0 spiro atoms. The highest BCUT2D eigenvalue weighted by molar-refractivity contribution is 6.32. The second-order valence-corrected chi connectivity index (χ2v) is 8.16. The normalized spacial score (nSPS) is 10.9. The van der Waals surface area contributed by atoms with Gasteiger partial charge in [0.2, 0.25) is 0 Å². The van der Waals surface area contributed by atoms with Crippen LogP contribution in [0, 0.1) is 0 Å². The number of aromatic nitrogens is 3. The first-order valence-electron chi connectivity index (χ1n) is 11.2. The number of pyridine rings is 1. The van der Waals surface area contributed by atoms with E-state index in [1.807, 2.05) is 42.5 Å². The Balaban J connectivity index is 1.30. The predicted octanol–water partition coefficient (Wildman–Crippen LogP) is 5.31. The second-order valence-electron chi connectivity index (χ2n) is 7.76. The second kappa shape index (κ2) is 11.5. The van der Waals surface area contributed by atoms with E-state index in [2.05, 4.69) is 20.9 Å². The summed E-state index contributed by atoms with van der Waals surface area (Å²) in [5.41, 5.74) is 2.71. The van der Waals surface area contributed by atoms with Gasteiger partial charge in [-0.15, -0.1) is 0 Å². The molecule has 2 heterocycles. The van der Waals surface area contributed by atoms with E-state index in [1.54, 1.807) is 24.5 Å². The zero-order valence-electron chi connectivity index (χ0n) is 18.4. The van der Waals surface area contributed by atoms with E-state index in [-0.39, 0.29) is 5.91 Å². The van der Waals surface area contributed by atoms with Gasteiger partial charge in [0.15, 0.2) is 0 Å². The minimum atomic E-state index is -0.102. The summed E-state index contributed by atoms with van der Waals surface area (Å²) in [5, 5.41) is 3.59. The maximum atomic E-state index is 12.2. The van der Waals surface area contributed by atoms with Crippen molar-refractivity contribution in [2.75, 3.05) is 13.2 Å². The average molecular weight is 463 g/mol. The fraction of sp³-hybridized carbons (Fsp3) is 0.269. The molecule has 0 aliphatic heterocycles. The van der Waals surface area contributed by atoms with Crippen LogP contribution < -0.4 is 10.1 Å². The average Bonchev–Trinajstić information content (AvgIpc) is 3.20. The summed E-state index contributed by atoms with van der Waals surface area (Å²) >= 11 is 6.15. The smallest absolute Gasteiger partial charge is 0.252 e. The Kier molecular flexibility index (Phi) is 7.93. The lowest BCUT2D eigenvalue weighted by Gasteiger charge is -2.11. The van der Waals surface area contributed by atoms with E-state index in [9.17, 15) is 4.79 Å². The molecule has 0 fully saturated rings. The Bertz CT molecular complexity index is 1190. The van der Waals surface area contributed by atoms with E-state index in [0.29, 0.717) is 23.7 Å². The standard InChI is InChI=1S/C26H27ClN4O2/c27-21-10-1-4-13-24(21)33-18-6-5-17-31-23-12-3-2-11-22(23)30-25(31)14-8-16-29-26(32)20-9-7-15-28-19-20/h1-4,7,9-13,15,19H,5-6,8,14,16-18H2,(H,29,32). The molecule has 0 aliphatic rings. The molecule has 0 radical (unpaired) electrons. The number of carbonyl (C=O) groups excluding carboxylic acids is 1. The summed E-state index contributed by atoms with van der Waals surface area (Å²) in [7, 11) is 0. The molecule has 0 bridgehead atoms. The van der Waals surface area contributed by atoms with Crippen molar-refractivity contribution in [3.63, 3.8) is 0 Å². The molecule has 4 rings (SSSR count). The number of para-hydroxylation sites is 3. The van der Waals surface area contributed by atoms with Gasteiger partial charge in [0.05, 0.1) is 28.2 Å². The molecular weight excluding hydrogens is 436 g/mol. The number of carbonyl (C=O) groups is 1. The van der Waals surface area contributed by atoms with Crippen LogP contribution in [0.3, 0.4) is 0 Å². The van der Waals surface area contributed by atoms with Crippen molar-refractivity contribution in [3.05, 3.63) is 89.5 Å². The minimum Gasteiger partial charge on any atom is -0.492 e. The van der Waals surface area contributed by atoms with Gasteiger partial charge in [-0.25, -0.2) is 4.98 Å². The monoisotopic (exact) mass is 462 g/mol. The molecule has 6 nitrogen and oxygen atoms in total. The first-order valence-corrected chi connectivity index (χ1v) is 11.6. The first kappa shape index (κ1) is 22.8. The molecule has 170 valence electrons. The van der Waals surface area contributed by atoms with Gasteiger partial charge in [0.25, 0.3) is 5.91 Å². The number of halogens is 1. The highest BCUT2D eigenvalue weighted by atomic mass is 35.5. The number of benzene rings is 2. The largest absolute Gasteiger partial charge is 0.492 e. The third-order valence-corrected chi connectivity index (χ3v) is 5.70. The maximum Gasteiger partial charge on any atom is 0.252 e. The highest BCUT2D eigenvalue weighted by Crippen LogP contribution is 2.23. The van der Waals surface area contributed by atoms with Crippen LogP contribution in [0.15, 0.2) is 73.1 Å². The van der Waals surface area contributed by atoms with Crippen LogP contribution in [0.25, 0.3) is 11.0 Å². The molecule has 2 aromatic carbocycles. The predicted molar refractivity (Wildman–Crippen MR) is 131 cm³/mol. The number of ether oxygens (including phenoxy) is 1. The third-order valence-electron chi connectivity index (χ3n) is 5.39. The first-order chi connectivity index (χ1) is 16.2. The van der Waals surface area contributed by atoms with E-state index in [1.165, 1.54) is 0 Å². The van der Waals surface area contributed by atoms with E-state index in [4.69, 9.17) is 21.3 Å². The molecule has 0 unspecified atom stereocenters. The molecule has 0 saturated carbocycles. The molecule has 4 aromatic rings. The number of nitrogens with one attached hydrogen (secondary N) is 1. The van der Waals surface area contributed by atoms with Gasteiger partial charge in [-0.2, -0.15) is 0 Å². The summed E-state index contributed by atoms with van der Waals surface area (Å²) in [4.78, 5) is 21.0. The zero-order chi connectivity index (χ0) is 22.9.